The van der Waals surface area contributed by atoms with Crippen molar-refractivity contribution < 1.29 is 13.2 Å². The molecule has 0 spiro atoms. The maximum atomic E-state index is 12.9. The number of anilines is 1. The van der Waals surface area contributed by atoms with E-state index in [4.69, 9.17) is 0 Å². The van der Waals surface area contributed by atoms with Crippen LogP contribution in [0.5, 0.6) is 0 Å². The van der Waals surface area contributed by atoms with Crippen LogP contribution in [0.3, 0.4) is 0 Å². The van der Waals surface area contributed by atoms with E-state index >= 15 is 0 Å². The molecular weight excluding hydrogens is 355 g/mol. The van der Waals surface area contributed by atoms with E-state index in [1.54, 1.807) is 0 Å². The van der Waals surface area contributed by atoms with E-state index in [1.165, 1.54) is 16.2 Å². The van der Waals surface area contributed by atoms with Gasteiger partial charge in [-0.1, -0.05) is 18.2 Å². The third-order valence-corrected chi connectivity index (χ3v) is 4.92. The molecule has 142 valence electrons. The van der Waals surface area contributed by atoms with Crippen LogP contribution >= 0.6 is 0 Å². The van der Waals surface area contributed by atoms with Crippen LogP contribution in [0.1, 0.15) is 17.8 Å². The summed E-state index contributed by atoms with van der Waals surface area (Å²) >= 11 is 0. The van der Waals surface area contributed by atoms with Crippen molar-refractivity contribution in [3.63, 3.8) is 0 Å². The molecule has 5 nitrogen and oxygen atoms in total. The van der Waals surface area contributed by atoms with E-state index in [0.717, 1.165) is 38.3 Å². The van der Waals surface area contributed by atoms with Gasteiger partial charge in [0.15, 0.2) is 11.5 Å². The number of fused-ring (bicyclic) bond motifs is 1. The second kappa shape index (κ2) is 7.19. The van der Waals surface area contributed by atoms with Crippen molar-refractivity contribution in [2.45, 2.75) is 19.1 Å². The van der Waals surface area contributed by atoms with Gasteiger partial charge in [-0.3, -0.25) is 4.40 Å². The molecule has 1 fully saturated rings. The molecule has 1 aromatic carbocycles. The molecule has 0 bridgehead atoms. The number of halogens is 3. The molecule has 1 N–H and O–H groups in total. The Morgan fingerprint density at radius 2 is 1.89 bits per heavy atom. The Morgan fingerprint density at radius 3 is 2.67 bits per heavy atom. The summed E-state index contributed by atoms with van der Waals surface area (Å²) in [6.07, 6.45) is -2.24. The monoisotopic (exact) mass is 375 g/mol. The van der Waals surface area contributed by atoms with Crippen LogP contribution < -0.4 is 10.2 Å². The van der Waals surface area contributed by atoms with Crippen LogP contribution in [0.2, 0.25) is 0 Å². The molecule has 8 heteroatoms. The number of benzene rings is 1. The van der Waals surface area contributed by atoms with Gasteiger partial charge in [0, 0.05) is 31.5 Å². The molecule has 1 unspecified atom stereocenters. The molecule has 0 amide bonds. The molecule has 1 aliphatic heterocycles. The summed E-state index contributed by atoms with van der Waals surface area (Å²) in [6, 6.07) is 12.7. The molecular formula is C19H20F3N5. The molecule has 3 aromatic rings. The van der Waals surface area contributed by atoms with Gasteiger partial charge in [0.05, 0.1) is 12.1 Å². The fourth-order valence-corrected chi connectivity index (χ4v) is 3.49. The smallest absolute Gasteiger partial charge is 0.371 e. The lowest BCUT2D eigenvalue weighted by atomic mass is 10.1. The Balaban J connectivity index is 1.36. The van der Waals surface area contributed by atoms with Crippen molar-refractivity contribution in [3.05, 3.63) is 60.0 Å². The third kappa shape index (κ3) is 3.90. The van der Waals surface area contributed by atoms with Gasteiger partial charge in [-0.2, -0.15) is 13.2 Å². The van der Waals surface area contributed by atoms with Crippen LogP contribution in [0.15, 0.2) is 48.7 Å². The number of hydrogen-bond donors (Lipinski definition) is 1. The molecule has 0 aliphatic carbocycles. The number of hydrogen-bond acceptors (Lipinski definition) is 4. The summed E-state index contributed by atoms with van der Waals surface area (Å²) in [6.45, 7) is 3.15. The van der Waals surface area contributed by atoms with E-state index < -0.39 is 11.7 Å². The highest BCUT2D eigenvalue weighted by atomic mass is 19.4. The quantitative estimate of drug-likeness (QED) is 0.743. The van der Waals surface area contributed by atoms with Crippen LogP contribution in [0.4, 0.5) is 18.9 Å². The molecule has 1 atom stereocenters. The fraction of sp³-hybridized carbons (Fsp3) is 0.368. The maximum Gasteiger partial charge on any atom is 0.417 e. The molecule has 1 aliphatic rings. The average molecular weight is 375 g/mol. The lowest BCUT2D eigenvalue weighted by molar-refractivity contribution is -0.137. The number of rotatable bonds is 5. The van der Waals surface area contributed by atoms with E-state index in [0.29, 0.717) is 23.9 Å². The van der Waals surface area contributed by atoms with Gasteiger partial charge in [-0.15, -0.1) is 10.2 Å². The Kier molecular flexibility index (Phi) is 4.73. The van der Waals surface area contributed by atoms with Gasteiger partial charge in [-0.25, -0.2) is 0 Å². The lowest BCUT2D eigenvalue weighted by Crippen LogP contribution is -2.26. The number of alkyl halides is 3. The first-order valence-electron chi connectivity index (χ1n) is 8.92. The standard InChI is InChI=1S/C19H20F3N5/c20-19(21,22)15-6-7-17-24-25-18(27(17)13-15)11-23-10-14-8-9-26(12-14)16-4-2-1-3-5-16/h1-7,13-14,23H,8-12H2. The largest absolute Gasteiger partial charge is 0.417 e. The minimum atomic E-state index is -4.38. The minimum absolute atomic E-state index is 0.379. The minimum Gasteiger partial charge on any atom is -0.371 e. The summed E-state index contributed by atoms with van der Waals surface area (Å²) < 4.78 is 40.1. The Morgan fingerprint density at radius 1 is 1.07 bits per heavy atom. The van der Waals surface area contributed by atoms with Crippen molar-refractivity contribution in [1.82, 2.24) is 19.9 Å². The van der Waals surface area contributed by atoms with Gasteiger partial charge >= 0.3 is 6.18 Å². The first-order chi connectivity index (χ1) is 13.0. The van der Waals surface area contributed by atoms with E-state index in [-0.39, 0.29) is 0 Å². The molecule has 0 radical (unpaired) electrons. The number of nitrogens with zero attached hydrogens (tertiary/aromatic N) is 4. The second-order valence-corrected chi connectivity index (χ2v) is 6.83. The van der Waals surface area contributed by atoms with E-state index in [2.05, 4.69) is 32.5 Å². The SMILES string of the molecule is FC(F)(F)c1ccc2nnc(CNCC3CCN(c4ccccc4)C3)n2c1. The molecule has 4 rings (SSSR count). The van der Waals surface area contributed by atoms with Crippen LogP contribution in [-0.4, -0.2) is 34.2 Å². The highest BCUT2D eigenvalue weighted by Crippen LogP contribution is 2.29. The predicted octanol–water partition coefficient (Wildman–Crippen LogP) is 3.36. The highest BCUT2D eigenvalue weighted by Gasteiger charge is 2.31. The van der Waals surface area contributed by atoms with E-state index in [1.807, 2.05) is 18.2 Å². The highest BCUT2D eigenvalue weighted by molar-refractivity contribution is 5.46. The van der Waals surface area contributed by atoms with Crippen molar-refractivity contribution in [1.29, 1.82) is 0 Å². The summed E-state index contributed by atoms with van der Waals surface area (Å²) in [4.78, 5) is 2.36. The molecule has 27 heavy (non-hydrogen) atoms. The first kappa shape index (κ1) is 17.8. The van der Waals surface area contributed by atoms with Gasteiger partial charge < -0.3 is 10.2 Å². The Bertz CT molecular complexity index is 907. The molecule has 0 saturated carbocycles. The molecule has 3 heterocycles. The van der Waals surface area contributed by atoms with Gasteiger partial charge in [0.1, 0.15) is 0 Å². The van der Waals surface area contributed by atoms with Gasteiger partial charge in [0.25, 0.3) is 0 Å². The molecule has 2 aromatic heterocycles. The number of pyridine rings is 1. The van der Waals surface area contributed by atoms with Gasteiger partial charge in [-0.05, 0) is 36.6 Å². The van der Waals surface area contributed by atoms with Crippen molar-refractivity contribution in [2.75, 3.05) is 24.5 Å². The summed E-state index contributed by atoms with van der Waals surface area (Å²) in [7, 11) is 0. The maximum absolute atomic E-state index is 12.9. The zero-order chi connectivity index (χ0) is 18.9. The zero-order valence-electron chi connectivity index (χ0n) is 14.7. The van der Waals surface area contributed by atoms with Crippen LogP contribution in [-0.2, 0) is 12.7 Å². The summed E-state index contributed by atoms with van der Waals surface area (Å²) in [5, 5.41) is 11.3. The molecule has 1 saturated heterocycles. The lowest BCUT2D eigenvalue weighted by Gasteiger charge is -2.18. The number of aromatic nitrogens is 3. The zero-order valence-corrected chi connectivity index (χ0v) is 14.7. The average Bonchev–Trinajstić information content (AvgIpc) is 3.29. The summed E-state index contributed by atoms with van der Waals surface area (Å²) in [5.41, 5.74) is 0.935. The predicted molar refractivity (Wildman–Crippen MR) is 96.5 cm³/mol. The Hall–Kier alpha value is -2.61. The van der Waals surface area contributed by atoms with Crippen molar-refractivity contribution >= 4 is 11.3 Å². The fourth-order valence-electron chi connectivity index (χ4n) is 3.49. The van der Waals surface area contributed by atoms with Crippen LogP contribution in [0, 0.1) is 5.92 Å². The normalized spacial score (nSPS) is 17.7. The van der Waals surface area contributed by atoms with Gasteiger partial charge in [0.2, 0.25) is 0 Å². The third-order valence-electron chi connectivity index (χ3n) is 4.92. The number of para-hydroxylation sites is 1. The van der Waals surface area contributed by atoms with E-state index in [9.17, 15) is 13.2 Å². The summed E-state index contributed by atoms with van der Waals surface area (Å²) in [5.74, 6) is 0.976. The van der Waals surface area contributed by atoms with Crippen molar-refractivity contribution in [3.8, 4) is 0 Å². The number of nitrogens with one attached hydrogen (secondary N) is 1. The first-order valence-corrected chi connectivity index (χ1v) is 8.92. The Labute approximate surface area is 154 Å². The second-order valence-electron chi connectivity index (χ2n) is 6.83. The van der Waals surface area contributed by atoms with Crippen molar-refractivity contribution in [2.24, 2.45) is 5.92 Å². The van der Waals surface area contributed by atoms with Crippen LogP contribution in [0.25, 0.3) is 5.65 Å². The topological polar surface area (TPSA) is 45.5 Å².